The van der Waals surface area contributed by atoms with Gasteiger partial charge in [-0.1, -0.05) is 0 Å². The third-order valence-corrected chi connectivity index (χ3v) is 2.67. The Morgan fingerprint density at radius 3 is 3.00 bits per heavy atom. The molecule has 0 spiro atoms. The van der Waals surface area contributed by atoms with E-state index < -0.39 is 5.97 Å². The van der Waals surface area contributed by atoms with Crippen LogP contribution in [0.25, 0.3) is 10.9 Å². The standard InChI is InChI=1S/C10H7BrN2O3/c1-16-10(15)7-8(14)6-5(9(11)13-7)3-2-4-12-6/h2-4,14H,1H3. The largest absolute Gasteiger partial charge is 0.504 e. The minimum atomic E-state index is -0.703. The number of nitrogens with zero attached hydrogens (tertiary/aromatic N) is 2. The van der Waals surface area contributed by atoms with E-state index in [0.717, 1.165) is 0 Å². The van der Waals surface area contributed by atoms with Gasteiger partial charge < -0.3 is 9.84 Å². The first-order chi connectivity index (χ1) is 7.65. The fourth-order valence-electron chi connectivity index (χ4n) is 1.32. The number of ether oxygens (including phenoxy) is 1. The highest BCUT2D eigenvalue weighted by Crippen LogP contribution is 2.30. The molecule has 0 radical (unpaired) electrons. The predicted octanol–water partition coefficient (Wildman–Crippen LogP) is 1.88. The number of hydrogen-bond donors (Lipinski definition) is 1. The van der Waals surface area contributed by atoms with Gasteiger partial charge in [0, 0.05) is 11.6 Å². The number of carbonyl (C=O) groups is 1. The molecule has 82 valence electrons. The van der Waals surface area contributed by atoms with Gasteiger partial charge in [0.25, 0.3) is 0 Å². The summed E-state index contributed by atoms with van der Waals surface area (Å²) < 4.78 is 4.95. The van der Waals surface area contributed by atoms with Crippen molar-refractivity contribution in [3.63, 3.8) is 0 Å². The van der Waals surface area contributed by atoms with Gasteiger partial charge in [0.15, 0.2) is 11.4 Å². The van der Waals surface area contributed by atoms with E-state index in [4.69, 9.17) is 0 Å². The molecule has 0 saturated carbocycles. The minimum Gasteiger partial charge on any atom is -0.504 e. The van der Waals surface area contributed by atoms with Gasteiger partial charge in [-0.2, -0.15) is 0 Å². The number of aromatic hydroxyl groups is 1. The average molecular weight is 283 g/mol. The summed E-state index contributed by atoms with van der Waals surface area (Å²) in [5, 5.41) is 10.5. The second-order valence-electron chi connectivity index (χ2n) is 2.99. The first-order valence-corrected chi connectivity index (χ1v) is 5.16. The number of fused-ring (bicyclic) bond motifs is 1. The summed E-state index contributed by atoms with van der Waals surface area (Å²) in [6, 6.07) is 3.45. The Morgan fingerprint density at radius 2 is 2.31 bits per heavy atom. The van der Waals surface area contributed by atoms with Crippen molar-refractivity contribution in [3.05, 3.63) is 28.6 Å². The van der Waals surface area contributed by atoms with Crippen molar-refractivity contribution in [1.29, 1.82) is 0 Å². The van der Waals surface area contributed by atoms with Crippen LogP contribution >= 0.6 is 15.9 Å². The molecule has 0 aliphatic carbocycles. The number of carbonyl (C=O) groups excluding carboxylic acids is 1. The van der Waals surface area contributed by atoms with E-state index in [9.17, 15) is 9.90 Å². The molecule has 0 fully saturated rings. The van der Waals surface area contributed by atoms with Gasteiger partial charge in [-0.25, -0.2) is 9.78 Å². The molecule has 1 N–H and O–H groups in total. The third-order valence-electron chi connectivity index (χ3n) is 2.07. The quantitative estimate of drug-likeness (QED) is 0.639. The lowest BCUT2D eigenvalue weighted by Gasteiger charge is -2.06. The Labute approximate surface area is 99.2 Å². The maximum absolute atomic E-state index is 11.3. The van der Waals surface area contributed by atoms with E-state index in [1.54, 1.807) is 12.1 Å². The van der Waals surface area contributed by atoms with Crippen molar-refractivity contribution in [2.75, 3.05) is 7.11 Å². The smallest absolute Gasteiger partial charge is 0.360 e. The number of aromatic nitrogens is 2. The summed E-state index contributed by atoms with van der Waals surface area (Å²) >= 11 is 3.21. The third kappa shape index (κ3) is 1.61. The van der Waals surface area contributed by atoms with Crippen LogP contribution in [0, 0.1) is 0 Å². The lowest BCUT2D eigenvalue weighted by Crippen LogP contribution is -2.05. The molecule has 5 nitrogen and oxygen atoms in total. The summed E-state index contributed by atoms with van der Waals surface area (Å²) in [6.45, 7) is 0. The second-order valence-corrected chi connectivity index (χ2v) is 3.74. The van der Waals surface area contributed by atoms with Gasteiger partial charge in [-0.05, 0) is 28.1 Å². The van der Waals surface area contributed by atoms with E-state index in [2.05, 4.69) is 30.6 Å². The summed E-state index contributed by atoms with van der Waals surface area (Å²) in [4.78, 5) is 19.3. The zero-order valence-corrected chi connectivity index (χ0v) is 9.85. The number of pyridine rings is 2. The highest BCUT2D eigenvalue weighted by molar-refractivity contribution is 9.10. The van der Waals surface area contributed by atoms with Gasteiger partial charge in [0.2, 0.25) is 0 Å². The summed E-state index contributed by atoms with van der Waals surface area (Å²) in [5.74, 6) is -0.976. The van der Waals surface area contributed by atoms with Crippen LogP contribution in [-0.2, 0) is 4.74 Å². The molecule has 6 heteroatoms. The Hall–Kier alpha value is -1.69. The van der Waals surface area contributed by atoms with E-state index in [1.165, 1.54) is 13.3 Å². The van der Waals surface area contributed by atoms with Crippen LogP contribution in [0.4, 0.5) is 0 Å². The number of methoxy groups -OCH3 is 1. The van der Waals surface area contributed by atoms with Crippen molar-refractivity contribution in [2.24, 2.45) is 0 Å². The number of esters is 1. The van der Waals surface area contributed by atoms with Crippen LogP contribution in [0.2, 0.25) is 0 Å². The second kappa shape index (κ2) is 4.05. The first kappa shape index (κ1) is 10.8. The molecule has 0 bridgehead atoms. The van der Waals surface area contributed by atoms with E-state index in [1.807, 2.05) is 0 Å². The molecule has 0 saturated heterocycles. The molecular weight excluding hydrogens is 276 g/mol. The highest BCUT2D eigenvalue weighted by Gasteiger charge is 2.19. The minimum absolute atomic E-state index is 0.152. The molecule has 0 aromatic carbocycles. The lowest BCUT2D eigenvalue weighted by molar-refractivity contribution is 0.0590. The van der Waals surface area contributed by atoms with Gasteiger partial charge in [0.05, 0.1) is 7.11 Å². The monoisotopic (exact) mass is 282 g/mol. The fourth-order valence-corrected chi connectivity index (χ4v) is 1.82. The normalized spacial score (nSPS) is 10.4. The fraction of sp³-hybridized carbons (Fsp3) is 0.100. The first-order valence-electron chi connectivity index (χ1n) is 4.36. The number of hydrogen-bond acceptors (Lipinski definition) is 5. The molecule has 0 aliphatic rings. The van der Waals surface area contributed by atoms with Crippen molar-refractivity contribution in [2.45, 2.75) is 0 Å². The van der Waals surface area contributed by atoms with Gasteiger partial charge in [-0.15, -0.1) is 0 Å². The molecule has 16 heavy (non-hydrogen) atoms. The van der Waals surface area contributed by atoms with E-state index in [-0.39, 0.29) is 11.4 Å². The van der Waals surface area contributed by atoms with Gasteiger partial charge in [0.1, 0.15) is 10.1 Å². The topological polar surface area (TPSA) is 72.3 Å². The zero-order valence-electron chi connectivity index (χ0n) is 8.27. The van der Waals surface area contributed by atoms with Crippen molar-refractivity contribution >= 4 is 32.8 Å². The van der Waals surface area contributed by atoms with Crippen LogP contribution < -0.4 is 0 Å². The Balaban J connectivity index is 2.80. The molecule has 2 heterocycles. The molecular formula is C10H7BrN2O3. The van der Waals surface area contributed by atoms with Crippen molar-refractivity contribution in [3.8, 4) is 5.75 Å². The molecule has 0 amide bonds. The van der Waals surface area contributed by atoms with Crippen LogP contribution in [-0.4, -0.2) is 28.2 Å². The predicted molar refractivity (Wildman–Crippen MR) is 60.2 cm³/mol. The van der Waals surface area contributed by atoms with Crippen LogP contribution in [0.1, 0.15) is 10.5 Å². The summed E-state index contributed by atoms with van der Waals surface area (Å²) in [5.41, 5.74) is 0.158. The number of halogens is 1. The summed E-state index contributed by atoms with van der Waals surface area (Å²) in [6.07, 6.45) is 1.52. The van der Waals surface area contributed by atoms with Crippen LogP contribution in [0.15, 0.2) is 22.9 Å². The molecule has 0 unspecified atom stereocenters. The Bertz CT molecular complexity index is 571. The zero-order chi connectivity index (χ0) is 11.7. The number of rotatable bonds is 1. The SMILES string of the molecule is COC(=O)c1nc(Br)c2cccnc2c1O. The highest BCUT2D eigenvalue weighted by atomic mass is 79.9. The summed E-state index contributed by atoms with van der Waals surface area (Å²) in [7, 11) is 1.22. The van der Waals surface area contributed by atoms with Crippen LogP contribution in [0.3, 0.4) is 0 Å². The maximum Gasteiger partial charge on any atom is 0.360 e. The lowest BCUT2D eigenvalue weighted by atomic mass is 10.2. The molecule has 2 aromatic heterocycles. The van der Waals surface area contributed by atoms with E-state index >= 15 is 0 Å². The van der Waals surface area contributed by atoms with Crippen molar-refractivity contribution in [1.82, 2.24) is 9.97 Å². The maximum atomic E-state index is 11.3. The Morgan fingerprint density at radius 1 is 1.56 bits per heavy atom. The van der Waals surface area contributed by atoms with Gasteiger partial charge >= 0.3 is 5.97 Å². The molecule has 0 aliphatic heterocycles. The van der Waals surface area contributed by atoms with Gasteiger partial charge in [-0.3, -0.25) is 4.98 Å². The molecule has 2 aromatic rings. The van der Waals surface area contributed by atoms with E-state index in [0.29, 0.717) is 15.5 Å². The Kier molecular flexibility index (Phi) is 2.74. The van der Waals surface area contributed by atoms with Crippen LogP contribution in [0.5, 0.6) is 5.75 Å². The van der Waals surface area contributed by atoms with Crippen molar-refractivity contribution < 1.29 is 14.6 Å². The molecule has 2 rings (SSSR count). The molecule has 0 atom stereocenters. The average Bonchev–Trinajstić information content (AvgIpc) is 2.33.